The molecule has 1 fully saturated rings. The summed E-state index contributed by atoms with van der Waals surface area (Å²) >= 11 is 2.15. The van der Waals surface area contributed by atoms with Gasteiger partial charge in [0, 0.05) is 3.57 Å². The number of carboxylic acid groups (broad SMARTS) is 1. The van der Waals surface area contributed by atoms with Gasteiger partial charge in [-0.1, -0.05) is 25.0 Å². The highest BCUT2D eigenvalue weighted by Crippen LogP contribution is 2.32. The molecule has 108 valence electrons. The van der Waals surface area contributed by atoms with Crippen molar-refractivity contribution in [2.45, 2.75) is 37.6 Å². The summed E-state index contributed by atoms with van der Waals surface area (Å²) < 4.78 is 0.943. The van der Waals surface area contributed by atoms with Crippen LogP contribution in [0.3, 0.4) is 0 Å². The Morgan fingerprint density at radius 3 is 2.50 bits per heavy atom. The quantitative estimate of drug-likeness (QED) is 0.694. The van der Waals surface area contributed by atoms with Crippen LogP contribution in [0.2, 0.25) is 0 Å². The minimum atomic E-state index is -0.874. The van der Waals surface area contributed by atoms with Gasteiger partial charge in [0.2, 0.25) is 0 Å². The van der Waals surface area contributed by atoms with Crippen LogP contribution in [0.1, 0.15) is 32.1 Å². The topological polar surface area (TPSA) is 78.4 Å². The van der Waals surface area contributed by atoms with Crippen molar-refractivity contribution in [3.05, 3.63) is 27.8 Å². The largest absolute Gasteiger partial charge is 0.481 e. The van der Waals surface area contributed by atoms with Crippen molar-refractivity contribution < 1.29 is 14.7 Å². The predicted octanol–water partition coefficient (Wildman–Crippen LogP) is 3.20. The molecule has 1 aliphatic rings. The van der Waals surface area contributed by atoms with Gasteiger partial charge in [-0.25, -0.2) is 4.79 Å². The molecule has 0 aromatic heterocycles. The van der Waals surface area contributed by atoms with Crippen LogP contribution in [0.25, 0.3) is 0 Å². The van der Waals surface area contributed by atoms with Crippen LogP contribution in [0.4, 0.5) is 10.5 Å². The predicted molar refractivity (Wildman–Crippen MR) is 84.8 cm³/mol. The van der Waals surface area contributed by atoms with E-state index in [1.54, 1.807) is 0 Å². The third-order valence-electron chi connectivity index (χ3n) is 3.55. The third kappa shape index (κ3) is 3.84. The number of aliphatic carboxylic acids is 1. The lowest BCUT2D eigenvalue weighted by Crippen LogP contribution is -2.49. The number of urea groups is 1. The Kier molecular flexibility index (Phi) is 4.85. The molecule has 0 aliphatic heterocycles. The third-order valence-corrected chi connectivity index (χ3v) is 4.49. The molecule has 6 heteroatoms. The smallest absolute Gasteiger partial charge is 0.319 e. The van der Waals surface area contributed by atoms with E-state index in [2.05, 4.69) is 33.2 Å². The zero-order chi connectivity index (χ0) is 14.6. The number of halogens is 1. The van der Waals surface area contributed by atoms with E-state index >= 15 is 0 Å². The summed E-state index contributed by atoms with van der Waals surface area (Å²) in [5.41, 5.74) is 0.130. The molecule has 2 amide bonds. The van der Waals surface area contributed by atoms with Crippen LogP contribution >= 0.6 is 22.6 Å². The minimum absolute atomic E-state index is 0.0215. The first-order chi connectivity index (χ1) is 9.51. The molecule has 2 rings (SSSR count). The summed E-state index contributed by atoms with van der Waals surface area (Å²) in [7, 11) is 0. The molecular formula is C14H17IN2O3. The summed E-state index contributed by atoms with van der Waals surface area (Å²) in [5.74, 6) is -0.874. The Morgan fingerprint density at radius 2 is 1.90 bits per heavy atom. The van der Waals surface area contributed by atoms with Crippen LogP contribution in [-0.4, -0.2) is 22.6 Å². The number of carbonyl (C=O) groups is 2. The molecule has 20 heavy (non-hydrogen) atoms. The molecule has 0 radical (unpaired) electrons. The van der Waals surface area contributed by atoms with Crippen LogP contribution in [0.15, 0.2) is 24.3 Å². The van der Waals surface area contributed by atoms with E-state index < -0.39 is 11.5 Å². The zero-order valence-corrected chi connectivity index (χ0v) is 13.1. The van der Waals surface area contributed by atoms with E-state index in [1.165, 1.54) is 0 Å². The maximum absolute atomic E-state index is 12.1. The van der Waals surface area contributed by atoms with Gasteiger partial charge in [0.25, 0.3) is 0 Å². The Bertz CT molecular complexity index is 513. The molecule has 1 aromatic carbocycles. The van der Waals surface area contributed by atoms with Gasteiger partial charge in [0.15, 0.2) is 0 Å². The van der Waals surface area contributed by atoms with Crippen molar-refractivity contribution in [3.8, 4) is 0 Å². The summed E-state index contributed by atoms with van der Waals surface area (Å²) in [6.07, 6.45) is 3.33. The van der Waals surface area contributed by atoms with Gasteiger partial charge < -0.3 is 15.7 Å². The fraction of sp³-hybridized carbons (Fsp3) is 0.429. The highest BCUT2D eigenvalue weighted by Gasteiger charge is 2.37. The second-order valence-corrected chi connectivity index (χ2v) is 6.28. The number of hydrogen-bond donors (Lipinski definition) is 3. The Balaban J connectivity index is 2.02. The molecule has 0 saturated heterocycles. The van der Waals surface area contributed by atoms with E-state index in [9.17, 15) is 9.59 Å². The van der Waals surface area contributed by atoms with Crippen molar-refractivity contribution in [2.24, 2.45) is 0 Å². The average Bonchev–Trinajstić information content (AvgIpc) is 2.79. The summed E-state index contributed by atoms with van der Waals surface area (Å²) in [5, 5.41) is 14.7. The zero-order valence-electron chi connectivity index (χ0n) is 11.0. The molecular weight excluding hydrogens is 371 g/mol. The van der Waals surface area contributed by atoms with Gasteiger partial charge in [-0.2, -0.15) is 0 Å². The molecule has 0 bridgehead atoms. The summed E-state index contributed by atoms with van der Waals surface area (Å²) in [6, 6.07) is 7.13. The van der Waals surface area contributed by atoms with Gasteiger partial charge in [-0.05, 0) is 47.6 Å². The lowest BCUT2D eigenvalue weighted by Gasteiger charge is -2.28. The lowest BCUT2D eigenvalue weighted by atomic mass is 9.93. The number of hydrogen-bond acceptors (Lipinski definition) is 2. The number of carbonyl (C=O) groups excluding carboxylic acids is 1. The molecule has 0 atom stereocenters. The number of nitrogens with one attached hydrogen (secondary N) is 2. The molecule has 3 N–H and O–H groups in total. The van der Waals surface area contributed by atoms with E-state index in [4.69, 9.17) is 5.11 Å². The second-order valence-electron chi connectivity index (χ2n) is 5.12. The van der Waals surface area contributed by atoms with E-state index in [0.717, 1.165) is 34.9 Å². The molecule has 1 aromatic rings. The van der Waals surface area contributed by atoms with Gasteiger partial charge in [-0.15, -0.1) is 0 Å². The van der Waals surface area contributed by atoms with E-state index in [-0.39, 0.29) is 12.5 Å². The van der Waals surface area contributed by atoms with Crippen LogP contribution in [0.5, 0.6) is 0 Å². The van der Waals surface area contributed by atoms with Crippen molar-refractivity contribution in [3.63, 3.8) is 0 Å². The van der Waals surface area contributed by atoms with Gasteiger partial charge in [-0.3, -0.25) is 4.79 Å². The Hall–Kier alpha value is -1.31. The monoisotopic (exact) mass is 388 g/mol. The standard InChI is InChI=1S/C14H17IN2O3/c15-10-5-1-2-6-11(10)16-13(20)17-14(9-12(18)19)7-3-4-8-14/h1-2,5-6H,3-4,7-9H2,(H,18,19)(H2,16,17,20). The molecule has 0 unspecified atom stereocenters. The normalized spacial score (nSPS) is 16.6. The SMILES string of the molecule is O=C(O)CC1(NC(=O)Nc2ccccc2I)CCCC1. The van der Waals surface area contributed by atoms with Crippen LogP contribution in [-0.2, 0) is 4.79 Å². The number of para-hydroxylation sites is 1. The molecule has 1 aliphatic carbocycles. The van der Waals surface area contributed by atoms with Gasteiger partial charge >= 0.3 is 12.0 Å². The first-order valence-electron chi connectivity index (χ1n) is 6.56. The maximum atomic E-state index is 12.1. The number of anilines is 1. The van der Waals surface area contributed by atoms with Gasteiger partial charge in [0.05, 0.1) is 17.6 Å². The Morgan fingerprint density at radius 1 is 1.25 bits per heavy atom. The first kappa shape index (κ1) is 15.1. The number of amides is 2. The van der Waals surface area contributed by atoms with Gasteiger partial charge in [0.1, 0.15) is 0 Å². The fourth-order valence-electron chi connectivity index (χ4n) is 2.64. The summed E-state index contributed by atoms with van der Waals surface area (Å²) in [6.45, 7) is 0. The maximum Gasteiger partial charge on any atom is 0.319 e. The number of benzene rings is 1. The second kappa shape index (κ2) is 6.43. The average molecular weight is 388 g/mol. The van der Waals surface area contributed by atoms with Crippen molar-refractivity contribution in [1.82, 2.24) is 5.32 Å². The van der Waals surface area contributed by atoms with E-state index in [0.29, 0.717) is 0 Å². The minimum Gasteiger partial charge on any atom is -0.481 e. The number of rotatable bonds is 4. The van der Waals surface area contributed by atoms with E-state index in [1.807, 2.05) is 24.3 Å². The Labute approximate surface area is 131 Å². The van der Waals surface area contributed by atoms with Crippen molar-refractivity contribution >= 4 is 40.3 Å². The summed E-state index contributed by atoms with van der Waals surface area (Å²) in [4.78, 5) is 23.1. The van der Waals surface area contributed by atoms with Crippen LogP contribution < -0.4 is 10.6 Å². The molecule has 0 heterocycles. The molecule has 1 saturated carbocycles. The number of carboxylic acids is 1. The molecule has 0 spiro atoms. The first-order valence-corrected chi connectivity index (χ1v) is 7.64. The van der Waals surface area contributed by atoms with Crippen molar-refractivity contribution in [1.29, 1.82) is 0 Å². The highest BCUT2D eigenvalue weighted by atomic mass is 127. The molecule has 5 nitrogen and oxygen atoms in total. The van der Waals surface area contributed by atoms with Crippen molar-refractivity contribution in [2.75, 3.05) is 5.32 Å². The van der Waals surface area contributed by atoms with Crippen LogP contribution in [0, 0.1) is 3.57 Å². The fourth-order valence-corrected chi connectivity index (χ4v) is 3.17. The lowest BCUT2D eigenvalue weighted by molar-refractivity contribution is -0.138. The highest BCUT2D eigenvalue weighted by molar-refractivity contribution is 14.1.